The monoisotopic (exact) mass is 244 g/mol. The minimum Gasteiger partial charge on any atom is -0.493 e. The minimum atomic E-state index is 0.331. The maximum Gasteiger partial charge on any atom is 0.122 e. The van der Waals surface area contributed by atoms with Crippen molar-refractivity contribution in [3.63, 3.8) is 0 Å². The lowest BCUT2D eigenvalue weighted by molar-refractivity contribution is 0.203. The van der Waals surface area contributed by atoms with Gasteiger partial charge in [0.05, 0.1) is 12.6 Å². The van der Waals surface area contributed by atoms with Gasteiger partial charge in [0.15, 0.2) is 0 Å². The Labute approximate surface area is 108 Å². The quantitative estimate of drug-likeness (QED) is 0.820. The van der Waals surface area contributed by atoms with Gasteiger partial charge in [0.2, 0.25) is 0 Å². The average molecular weight is 244 g/mol. The second kappa shape index (κ2) is 5.12. The van der Waals surface area contributed by atoms with Gasteiger partial charge in [-0.05, 0) is 17.2 Å². The zero-order valence-electron chi connectivity index (χ0n) is 10.7. The summed E-state index contributed by atoms with van der Waals surface area (Å²) in [5, 5.41) is 3.39. The third-order valence-corrected chi connectivity index (χ3v) is 3.82. The van der Waals surface area contributed by atoms with Crippen LogP contribution in [0.3, 0.4) is 0 Å². The van der Waals surface area contributed by atoms with E-state index in [0.717, 1.165) is 45.0 Å². The second-order valence-corrected chi connectivity index (χ2v) is 4.93. The van der Waals surface area contributed by atoms with Crippen molar-refractivity contribution in [1.82, 2.24) is 10.2 Å². The van der Waals surface area contributed by atoms with Crippen LogP contribution >= 0.6 is 0 Å². The van der Waals surface area contributed by atoms with Crippen LogP contribution < -0.4 is 10.1 Å². The van der Waals surface area contributed by atoms with Gasteiger partial charge in [-0.25, -0.2) is 0 Å². The highest BCUT2D eigenvalue weighted by atomic mass is 16.5. The van der Waals surface area contributed by atoms with Crippen LogP contribution in [0.25, 0.3) is 0 Å². The molecule has 0 aliphatic carbocycles. The average Bonchev–Trinajstić information content (AvgIpc) is 2.88. The van der Waals surface area contributed by atoms with Gasteiger partial charge in [-0.3, -0.25) is 4.90 Å². The molecule has 0 saturated carbocycles. The summed E-state index contributed by atoms with van der Waals surface area (Å²) in [4.78, 5) is 2.49. The minimum absolute atomic E-state index is 0.331. The number of ether oxygens (including phenoxy) is 1. The number of benzene rings is 1. The SMILES string of the molecule is C=C[C@H](c1ccc2c(c1)CCO2)N1CCNCC1. The van der Waals surface area contributed by atoms with Gasteiger partial charge in [0.1, 0.15) is 5.75 Å². The van der Waals surface area contributed by atoms with Crippen molar-refractivity contribution < 1.29 is 4.74 Å². The molecular formula is C15H20N2O. The Morgan fingerprint density at radius 2 is 2.17 bits per heavy atom. The molecule has 18 heavy (non-hydrogen) atoms. The largest absolute Gasteiger partial charge is 0.493 e. The molecule has 3 nitrogen and oxygen atoms in total. The summed E-state index contributed by atoms with van der Waals surface area (Å²) < 4.78 is 5.56. The van der Waals surface area contributed by atoms with E-state index in [-0.39, 0.29) is 0 Å². The van der Waals surface area contributed by atoms with Gasteiger partial charge < -0.3 is 10.1 Å². The van der Waals surface area contributed by atoms with E-state index in [1.54, 1.807) is 0 Å². The summed E-state index contributed by atoms with van der Waals surface area (Å²) in [6.07, 6.45) is 3.09. The van der Waals surface area contributed by atoms with Crippen LogP contribution in [0.5, 0.6) is 5.75 Å². The van der Waals surface area contributed by atoms with Gasteiger partial charge in [0, 0.05) is 32.6 Å². The van der Waals surface area contributed by atoms with Crippen molar-refractivity contribution in [1.29, 1.82) is 0 Å². The summed E-state index contributed by atoms with van der Waals surface area (Å²) in [7, 11) is 0. The van der Waals surface area contributed by atoms with Crippen molar-refractivity contribution >= 4 is 0 Å². The van der Waals surface area contributed by atoms with Crippen LogP contribution in [0.2, 0.25) is 0 Å². The fourth-order valence-corrected chi connectivity index (χ4v) is 2.85. The summed E-state index contributed by atoms with van der Waals surface area (Å²) >= 11 is 0. The molecule has 0 radical (unpaired) electrons. The number of nitrogens with zero attached hydrogens (tertiary/aromatic N) is 1. The number of hydrogen-bond donors (Lipinski definition) is 1. The molecule has 1 aromatic rings. The Bertz CT molecular complexity index is 438. The first-order chi connectivity index (χ1) is 8.88. The van der Waals surface area contributed by atoms with E-state index >= 15 is 0 Å². The molecule has 1 aromatic carbocycles. The third-order valence-electron chi connectivity index (χ3n) is 3.82. The van der Waals surface area contributed by atoms with Crippen LogP contribution in [-0.4, -0.2) is 37.7 Å². The molecule has 0 aromatic heterocycles. The first-order valence-corrected chi connectivity index (χ1v) is 6.71. The fraction of sp³-hybridized carbons (Fsp3) is 0.467. The number of hydrogen-bond acceptors (Lipinski definition) is 3. The summed E-state index contributed by atoms with van der Waals surface area (Å²) in [5.41, 5.74) is 2.69. The van der Waals surface area contributed by atoms with Gasteiger partial charge in [-0.15, -0.1) is 6.58 Å². The lowest BCUT2D eigenvalue weighted by Crippen LogP contribution is -2.44. The molecule has 0 unspecified atom stereocenters. The molecular weight excluding hydrogens is 224 g/mol. The summed E-state index contributed by atoms with van der Waals surface area (Å²) in [6.45, 7) is 9.15. The Hall–Kier alpha value is -1.32. The Kier molecular flexibility index (Phi) is 3.35. The lowest BCUT2D eigenvalue weighted by atomic mass is 10.0. The summed E-state index contributed by atoms with van der Waals surface area (Å²) in [6, 6.07) is 6.91. The molecule has 1 N–H and O–H groups in total. The van der Waals surface area contributed by atoms with Crippen molar-refractivity contribution in [3.8, 4) is 5.75 Å². The number of rotatable bonds is 3. The van der Waals surface area contributed by atoms with Crippen LogP contribution in [0.4, 0.5) is 0 Å². The highest BCUT2D eigenvalue weighted by Crippen LogP contribution is 2.30. The molecule has 0 spiro atoms. The number of piperazine rings is 1. The van der Waals surface area contributed by atoms with Crippen LogP contribution in [0.1, 0.15) is 17.2 Å². The van der Waals surface area contributed by atoms with Crippen molar-refractivity contribution in [2.75, 3.05) is 32.8 Å². The van der Waals surface area contributed by atoms with E-state index in [0.29, 0.717) is 6.04 Å². The maximum atomic E-state index is 5.56. The van der Waals surface area contributed by atoms with Gasteiger partial charge in [-0.2, -0.15) is 0 Å². The molecule has 0 bridgehead atoms. The van der Waals surface area contributed by atoms with Crippen LogP contribution in [-0.2, 0) is 6.42 Å². The van der Waals surface area contributed by atoms with Crippen molar-refractivity contribution in [3.05, 3.63) is 42.0 Å². The Balaban J connectivity index is 1.84. The van der Waals surface area contributed by atoms with Crippen molar-refractivity contribution in [2.24, 2.45) is 0 Å². The molecule has 2 aliphatic rings. The smallest absolute Gasteiger partial charge is 0.122 e. The highest BCUT2D eigenvalue weighted by molar-refractivity contribution is 5.41. The Morgan fingerprint density at radius 3 is 2.94 bits per heavy atom. The molecule has 1 fully saturated rings. The molecule has 1 saturated heterocycles. The first-order valence-electron chi connectivity index (χ1n) is 6.71. The molecule has 0 amide bonds. The molecule has 1 atom stereocenters. The van der Waals surface area contributed by atoms with E-state index in [9.17, 15) is 0 Å². The van der Waals surface area contributed by atoms with E-state index in [1.165, 1.54) is 11.1 Å². The first kappa shape index (κ1) is 11.8. The Morgan fingerprint density at radius 1 is 1.33 bits per heavy atom. The molecule has 96 valence electrons. The highest BCUT2D eigenvalue weighted by Gasteiger charge is 2.21. The van der Waals surface area contributed by atoms with E-state index in [2.05, 4.69) is 41.1 Å². The van der Waals surface area contributed by atoms with Gasteiger partial charge in [0.25, 0.3) is 0 Å². The number of fused-ring (bicyclic) bond motifs is 1. The predicted octanol–water partition coefficient (Wildman–Crippen LogP) is 1.75. The normalized spacial score (nSPS) is 21.1. The van der Waals surface area contributed by atoms with Crippen LogP contribution in [0.15, 0.2) is 30.9 Å². The molecule has 2 heterocycles. The molecule has 3 rings (SSSR count). The van der Waals surface area contributed by atoms with Gasteiger partial charge >= 0.3 is 0 Å². The standard InChI is InChI=1S/C15H20N2O/c1-2-14(17-8-6-16-7-9-17)12-3-4-15-13(11-12)5-10-18-15/h2-4,11,14,16H,1,5-10H2/t14-/m1/s1. The second-order valence-electron chi connectivity index (χ2n) is 4.93. The maximum absolute atomic E-state index is 5.56. The zero-order valence-corrected chi connectivity index (χ0v) is 10.7. The third kappa shape index (κ3) is 2.16. The topological polar surface area (TPSA) is 24.5 Å². The molecule has 2 aliphatic heterocycles. The van der Waals surface area contributed by atoms with Crippen molar-refractivity contribution in [2.45, 2.75) is 12.5 Å². The molecule has 3 heteroatoms. The van der Waals surface area contributed by atoms with Gasteiger partial charge in [-0.1, -0.05) is 18.2 Å². The summed E-state index contributed by atoms with van der Waals surface area (Å²) in [5.74, 6) is 1.06. The fourth-order valence-electron chi connectivity index (χ4n) is 2.85. The predicted molar refractivity (Wildman–Crippen MR) is 73.0 cm³/mol. The van der Waals surface area contributed by atoms with E-state index in [1.807, 2.05) is 0 Å². The van der Waals surface area contributed by atoms with E-state index < -0.39 is 0 Å². The van der Waals surface area contributed by atoms with Crippen LogP contribution in [0, 0.1) is 0 Å². The lowest BCUT2D eigenvalue weighted by Gasteiger charge is -2.33. The zero-order chi connectivity index (χ0) is 12.4. The number of nitrogens with one attached hydrogen (secondary N) is 1. The van der Waals surface area contributed by atoms with E-state index in [4.69, 9.17) is 4.74 Å².